The van der Waals surface area contributed by atoms with E-state index in [2.05, 4.69) is 36.9 Å². The molecule has 330 valence electrons. The highest BCUT2D eigenvalue weighted by Crippen LogP contribution is 2.13. The van der Waals surface area contributed by atoms with Crippen LogP contribution in [-0.2, 0) is 43.1 Å². The number of nitrogens with one attached hydrogen (secondary N) is 6. The molecule has 0 unspecified atom stereocenters. The molecule has 20 nitrogen and oxygen atoms in total. The number of hydrogen-bond acceptors (Lipinski definition) is 11. The fourth-order valence-corrected chi connectivity index (χ4v) is 6.09. The summed E-state index contributed by atoms with van der Waals surface area (Å²) in [7, 11) is 0. The highest BCUT2D eigenvalue weighted by molar-refractivity contribution is 5.98. The van der Waals surface area contributed by atoms with Crippen LogP contribution in [-0.4, -0.2) is 113 Å². The summed E-state index contributed by atoms with van der Waals surface area (Å²) in [6, 6.07) is -8.70. The van der Waals surface area contributed by atoms with Crippen LogP contribution < -0.4 is 49.1 Å². The highest BCUT2D eigenvalue weighted by atomic mass is 16.5. The monoisotopic (exact) mass is 825 g/mol. The van der Waals surface area contributed by atoms with Crippen LogP contribution in [0, 0.1) is 11.8 Å². The number of rotatable bonds is 18. The molecule has 0 aliphatic carbocycles. The Hall–Kier alpha value is -5.01. The Morgan fingerprint density at radius 3 is 1.62 bits per heavy atom. The second kappa shape index (κ2) is 26.1. The fourth-order valence-electron chi connectivity index (χ4n) is 6.09. The number of unbranched alkanes of at least 4 members (excludes halogenated alkanes) is 8. The van der Waals surface area contributed by atoms with E-state index in [1.807, 2.05) is 0 Å². The van der Waals surface area contributed by atoms with Crippen LogP contribution in [0.5, 0.6) is 0 Å². The molecule has 0 bridgehead atoms. The molecule has 0 radical (unpaired) electrons. The topological polar surface area (TPSA) is 329 Å². The second-order valence-corrected chi connectivity index (χ2v) is 15.6. The number of aliphatic hydroxyl groups excluding tert-OH is 1. The summed E-state index contributed by atoms with van der Waals surface area (Å²) in [4.78, 5) is 110. The zero-order chi connectivity index (χ0) is 44.1. The standard InChI is InChI=1S/C38H68N10O10/c1-20(2)28-33(53)46-29(21(3)4)34(54)48-30(23(6)49)35(55)44-25(19-26(39)50)32(52)43-22(5)37(57)58-24(7)31(36(56)47-28)45-27(51)17-15-13-11-9-8-10-12-14-16-18-42-38(40)41/h20-25,28-31,49H,8-19H2,1-7H3,(H2,39,50)(H,43,52)(H,44,55)(H,45,51)(H,46,53)(H,47,56)(H,48,54)(H4,40,41,42)/t22-,23-,24-,25-,28-,29+,30-,31+/m1/s1. The third-order valence-corrected chi connectivity index (χ3v) is 9.53. The van der Waals surface area contributed by atoms with Crippen LogP contribution in [0.4, 0.5) is 0 Å². The fraction of sp³-hybridized carbons (Fsp3) is 0.763. The van der Waals surface area contributed by atoms with Crippen molar-refractivity contribution in [3.63, 3.8) is 0 Å². The van der Waals surface area contributed by atoms with Gasteiger partial charge >= 0.3 is 5.97 Å². The van der Waals surface area contributed by atoms with Crippen LogP contribution in [0.1, 0.15) is 119 Å². The minimum absolute atomic E-state index is 0.0708. The van der Waals surface area contributed by atoms with Crippen LogP contribution in [0.25, 0.3) is 0 Å². The zero-order valence-electron chi connectivity index (χ0n) is 35.1. The average molecular weight is 825 g/mol. The molecule has 58 heavy (non-hydrogen) atoms. The Morgan fingerprint density at radius 2 is 1.14 bits per heavy atom. The molecule has 0 aromatic carbocycles. The number of carbonyl (C=O) groups excluding carboxylic acids is 8. The number of nitrogens with zero attached hydrogens (tertiary/aromatic N) is 1. The molecule has 8 atom stereocenters. The van der Waals surface area contributed by atoms with Crippen molar-refractivity contribution in [3.05, 3.63) is 0 Å². The number of esters is 1. The van der Waals surface area contributed by atoms with Crippen molar-refractivity contribution in [3.8, 4) is 0 Å². The van der Waals surface area contributed by atoms with Gasteiger partial charge in [-0.15, -0.1) is 0 Å². The zero-order valence-corrected chi connectivity index (χ0v) is 35.1. The summed E-state index contributed by atoms with van der Waals surface area (Å²) < 4.78 is 5.54. The van der Waals surface area contributed by atoms with Crippen molar-refractivity contribution in [2.24, 2.45) is 34.0 Å². The quantitative estimate of drug-likeness (QED) is 0.0331. The van der Waals surface area contributed by atoms with Crippen LogP contribution in [0.2, 0.25) is 0 Å². The smallest absolute Gasteiger partial charge is 0.328 e. The summed E-state index contributed by atoms with van der Waals surface area (Å²) in [5.74, 6) is -8.09. The molecule has 0 aromatic rings. The molecule has 1 aliphatic heterocycles. The number of primary amides is 1. The molecule has 20 heteroatoms. The first-order valence-corrected chi connectivity index (χ1v) is 20.2. The second-order valence-electron chi connectivity index (χ2n) is 15.6. The molecule has 1 saturated heterocycles. The third-order valence-electron chi connectivity index (χ3n) is 9.53. The van der Waals surface area contributed by atoms with Crippen molar-refractivity contribution >= 4 is 53.3 Å². The van der Waals surface area contributed by atoms with Gasteiger partial charge in [-0.25, -0.2) is 4.79 Å². The SMILES string of the molecule is CC(C)[C@@H]1NC(=O)[C@@H](C(C)C)NC(=O)[C@@H](NC(=O)CCCCCCCCCCCN=C(N)N)[C@@H](C)OC(=O)[C@@H](C)NC(=O)[C@@H](CC(N)=O)NC(=O)[C@@H]([C@@H](C)O)NC1=O. The highest BCUT2D eigenvalue weighted by Gasteiger charge is 2.38. The number of aliphatic imine (C=N–C) groups is 1. The van der Waals surface area contributed by atoms with Gasteiger partial charge < -0.3 is 58.9 Å². The number of nitrogens with two attached hydrogens (primary N) is 3. The van der Waals surface area contributed by atoms with Gasteiger partial charge in [0.1, 0.15) is 42.4 Å². The largest absolute Gasteiger partial charge is 0.458 e. The number of ether oxygens (including phenoxy) is 1. The maximum Gasteiger partial charge on any atom is 0.328 e. The van der Waals surface area contributed by atoms with E-state index in [0.717, 1.165) is 51.4 Å². The predicted molar refractivity (Wildman–Crippen MR) is 215 cm³/mol. The first kappa shape index (κ1) is 51.0. The van der Waals surface area contributed by atoms with Crippen LogP contribution >= 0.6 is 0 Å². The van der Waals surface area contributed by atoms with Crippen molar-refractivity contribution in [1.82, 2.24) is 31.9 Å². The average Bonchev–Trinajstić information content (AvgIpc) is 3.12. The molecule has 0 spiro atoms. The lowest BCUT2D eigenvalue weighted by molar-refractivity contribution is -0.155. The summed E-state index contributed by atoms with van der Waals surface area (Å²) in [6.07, 6.45) is 4.89. The summed E-state index contributed by atoms with van der Waals surface area (Å²) in [6.45, 7) is 11.0. The number of cyclic esters (lactones) is 1. The maximum absolute atomic E-state index is 13.9. The molecule has 0 aromatic heterocycles. The van der Waals surface area contributed by atoms with Crippen molar-refractivity contribution in [1.29, 1.82) is 0 Å². The minimum atomic E-state index is -1.66. The first-order valence-electron chi connectivity index (χ1n) is 20.2. The van der Waals surface area contributed by atoms with Crippen molar-refractivity contribution in [2.75, 3.05) is 6.54 Å². The number of carbonyl (C=O) groups is 8. The van der Waals surface area contributed by atoms with Gasteiger partial charge in [0.2, 0.25) is 41.4 Å². The molecule has 1 rings (SSSR count). The number of guanidine groups is 1. The maximum atomic E-state index is 13.9. The van der Waals surface area contributed by atoms with E-state index in [4.69, 9.17) is 21.9 Å². The summed E-state index contributed by atoms with van der Waals surface area (Å²) >= 11 is 0. The third kappa shape index (κ3) is 19.0. The molecular weight excluding hydrogens is 756 g/mol. The minimum Gasteiger partial charge on any atom is -0.458 e. The van der Waals surface area contributed by atoms with Gasteiger partial charge in [0.05, 0.1) is 12.5 Å². The molecular formula is C38H68N10O10. The molecule has 13 N–H and O–H groups in total. The van der Waals surface area contributed by atoms with E-state index in [1.165, 1.54) is 20.8 Å². The van der Waals surface area contributed by atoms with Gasteiger partial charge in [-0.1, -0.05) is 72.6 Å². The van der Waals surface area contributed by atoms with E-state index in [9.17, 15) is 43.5 Å². The lowest BCUT2D eigenvalue weighted by Crippen LogP contribution is -2.63. The molecule has 1 heterocycles. The Morgan fingerprint density at radius 1 is 0.672 bits per heavy atom. The predicted octanol–water partition coefficient (Wildman–Crippen LogP) is -1.40. The molecule has 1 fully saturated rings. The Balaban J connectivity index is 3.27. The van der Waals surface area contributed by atoms with Crippen molar-refractivity contribution < 1.29 is 48.2 Å². The van der Waals surface area contributed by atoms with E-state index < -0.39 is 114 Å². The first-order chi connectivity index (χ1) is 27.2. The molecule has 7 amide bonds. The van der Waals surface area contributed by atoms with Gasteiger partial charge in [-0.2, -0.15) is 0 Å². The van der Waals surface area contributed by atoms with Crippen LogP contribution in [0.15, 0.2) is 4.99 Å². The Labute approximate surface area is 341 Å². The summed E-state index contributed by atoms with van der Waals surface area (Å²) in [5.41, 5.74) is 16.0. The molecule has 0 saturated carbocycles. The number of aliphatic hydroxyl groups is 1. The lowest BCUT2D eigenvalue weighted by atomic mass is 9.98. The van der Waals surface area contributed by atoms with Crippen molar-refractivity contribution in [2.45, 2.75) is 168 Å². The van der Waals surface area contributed by atoms with Gasteiger partial charge in [-0.3, -0.25) is 38.6 Å². The number of amides is 7. The van der Waals surface area contributed by atoms with Gasteiger partial charge in [0.15, 0.2) is 5.96 Å². The van der Waals surface area contributed by atoms with Gasteiger partial charge in [0.25, 0.3) is 0 Å². The van der Waals surface area contributed by atoms with E-state index in [1.54, 1.807) is 27.7 Å². The van der Waals surface area contributed by atoms with E-state index in [-0.39, 0.29) is 12.4 Å². The lowest BCUT2D eigenvalue weighted by Gasteiger charge is -2.31. The van der Waals surface area contributed by atoms with Crippen LogP contribution in [0.3, 0.4) is 0 Å². The molecule has 1 aliphatic rings. The van der Waals surface area contributed by atoms with E-state index in [0.29, 0.717) is 13.0 Å². The Kier molecular flexibility index (Phi) is 22.9. The number of hydrogen-bond donors (Lipinski definition) is 10. The van der Waals surface area contributed by atoms with Gasteiger partial charge in [0, 0.05) is 13.0 Å². The van der Waals surface area contributed by atoms with E-state index >= 15 is 0 Å². The normalized spacial score (nSPS) is 24.8. The summed E-state index contributed by atoms with van der Waals surface area (Å²) in [5, 5.41) is 25.3. The Bertz CT molecular complexity index is 1440. The van der Waals surface area contributed by atoms with Gasteiger partial charge in [-0.05, 0) is 45.4 Å².